The highest BCUT2D eigenvalue weighted by Gasteiger charge is 2.27. The first kappa shape index (κ1) is 20.8. The summed E-state index contributed by atoms with van der Waals surface area (Å²) < 4.78 is 21.4. The Bertz CT molecular complexity index is 980. The third-order valence-corrected chi connectivity index (χ3v) is 6.39. The van der Waals surface area contributed by atoms with Crippen LogP contribution >= 0.6 is 0 Å². The molecule has 0 aromatic heterocycles. The van der Waals surface area contributed by atoms with Crippen molar-refractivity contribution in [3.63, 3.8) is 0 Å². The highest BCUT2D eigenvalue weighted by atomic mass is 19.1. The molecular formula is C28H31FO. The minimum absolute atomic E-state index is 0.125. The van der Waals surface area contributed by atoms with Gasteiger partial charge < -0.3 is 4.74 Å². The van der Waals surface area contributed by atoms with Gasteiger partial charge in [-0.25, -0.2) is 4.39 Å². The summed E-state index contributed by atoms with van der Waals surface area (Å²) >= 11 is 0. The SMILES string of the molecule is CCCc1ccc(C2CCC(c3ccc(-c4ccc(C)cc4)c(C)c3F)OC2)cc1. The maximum atomic E-state index is 15.3. The first-order chi connectivity index (χ1) is 14.6. The number of ether oxygens (including phenoxy) is 1. The van der Waals surface area contributed by atoms with Crippen LogP contribution in [0.5, 0.6) is 0 Å². The third kappa shape index (κ3) is 4.34. The van der Waals surface area contributed by atoms with Gasteiger partial charge in [0, 0.05) is 11.5 Å². The zero-order valence-electron chi connectivity index (χ0n) is 18.2. The molecular weight excluding hydrogens is 371 g/mol. The molecule has 0 saturated carbocycles. The van der Waals surface area contributed by atoms with Gasteiger partial charge in [0.1, 0.15) is 5.82 Å². The second kappa shape index (κ2) is 9.14. The van der Waals surface area contributed by atoms with Crippen LogP contribution in [-0.4, -0.2) is 6.61 Å². The molecule has 1 fully saturated rings. The van der Waals surface area contributed by atoms with Crippen LogP contribution in [0.4, 0.5) is 4.39 Å². The Balaban J connectivity index is 1.47. The van der Waals surface area contributed by atoms with Crippen LogP contribution in [0.25, 0.3) is 11.1 Å². The van der Waals surface area contributed by atoms with Gasteiger partial charge in [0.15, 0.2) is 0 Å². The lowest BCUT2D eigenvalue weighted by molar-refractivity contribution is 0.000373. The van der Waals surface area contributed by atoms with Crippen molar-refractivity contribution in [2.24, 2.45) is 0 Å². The van der Waals surface area contributed by atoms with Crippen LogP contribution in [0.2, 0.25) is 0 Å². The summed E-state index contributed by atoms with van der Waals surface area (Å²) in [5.41, 5.74) is 7.34. The zero-order valence-corrected chi connectivity index (χ0v) is 18.2. The van der Waals surface area contributed by atoms with Gasteiger partial charge in [0.25, 0.3) is 0 Å². The number of hydrogen-bond donors (Lipinski definition) is 0. The Kier molecular flexibility index (Phi) is 6.34. The highest BCUT2D eigenvalue weighted by molar-refractivity contribution is 5.68. The normalized spacial score (nSPS) is 19.1. The maximum absolute atomic E-state index is 15.3. The number of benzene rings is 3. The van der Waals surface area contributed by atoms with Crippen LogP contribution in [0.3, 0.4) is 0 Å². The van der Waals surface area contributed by atoms with E-state index in [0.717, 1.165) is 30.4 Å². The Morgan fingerprint density at radius 1 is 0.900 bits per heavy atom. The van der Waals surface area contributed by atoms with E-state index in [1.807, 2.05) is 19.1 Å². The minimum atomic E-state index is -0.161. The van der Waals surface area contributed by atoms with E-state index in [1.165, 1.54) is 23.1 Å². The van der Waals surface area contributed by atoms with Crippen LogP contribution in [0.15, 0.2) is 60.7 Å². The molecule has 4 rings (SSSR count). The maximum Gasteiger partial charge on any atom is 0.132 e. The quantitative estimate of drug-likeness (QED) is 0.425. The van der Waals surface area contributed by atoms with Gasteiger partial charge in [0.2, 0.25) is 0 Å². The molecule has 0 amide bonds. The van der Waals surface area contributed by atoms with Gasteiger partial charge in [-0.1, -0.05) is 79.6 Å². The third-order valence-electron chi connectivity index (χ3n) is 6.39. The fourth-order valence-electron chi connectivity index (χ4n) is 4.51. The molecule has 0 radical (unpaired) electrons. The molecule has 0 bridgehead atoms. The van der Waals surface area contributed by atoms with E-state index in [1.54, 1.807) is 0 Å². The first-order valence-electron chi connectivity index (χ1n) is 11.1. The average Bonchev–Trinajstić information content (AvgIpc) is 2.77. The predicted molar refractivity (Wildman–Crippen MR) is 122 cm³/mol. The second-order valence-corrected chi connectivity index (χ2v) is 8.60. The van der Waals surface area contributed by atoms with Crippen molar-refractivity contribution >= 4 is 0 Å². The van der Waals surface area contributed by atoms with Crippen LogP contribution < -0.4 is 0 Å². The Labute approximate surface area is 179 Å². The topological polar surface area (TPSA) is 9.23 Å². The molecule has 30 heavy (non-hydrogen) atoms. The van der Waals surface area contributed by atoms with Gasteiger partial charge >= 0.3 is 0 Å². The molecule has 1 aliphatic rings. The molecule has 3 aromatic rings. The van der Waals surface area contributed by atoms with Crippen molar-refractivity contribution in [1.29, 1.82) is 0 Å². The predicted octanol–water partition coefficient (Wildman–Crippen LogP) is 7.70. The lowest BCUT2D eigenvalue weighted by atomic mass is 9.87. The summed E-state index contributed by atoms with van der Waals surface area (Å²) in [6, 6.07) is 21.2. The standard InChI is InChI=1S/C28H31FO/c1-4-5-21-8-12-22(13-9-21)24-14-17-27(30-18-24)26-16-15-25(20(3)28(26)29)23-10-6-19(2)7-11-23/h6-13,15-16,24,27H,4-5,14,17-18H2,1-3H3. The molecule has 2 heteroatoms. The molecule has 156 valence electrons. The van der Waals surface area contributed by atoms with Crippen molar-refractivity contribution < 1.29 is 9.13 Å². The molecule has 1 aliphatic heterocycles. The number of aryl methyl sites for hydroxylation is 2. The summed E-state index contributed by atoms with van der Waals surface area (Å²) in [5, 5.41) is 0. The lowest BCUT2D eigenvalue weighted by Crippen LogP contribution is -2.20. The second-order valence-electron chi connectivity index (χ2n) is 8.60. The molecule has 2 atom stereocenters. The average molecular weight is 403 g/mol. The van der Waals surface area contributed by atoms with Gasteiger partial charge in [-0.05, 0) is 60.9 Å². The highest BCUT2D eigenvalue weighted by Crippen LogP contribution is 2.38. The largest absolute Gasteiger partial charge is 0.373 e. The van der Waals surface area contributed by atoms with Crippen molar-refractivity contribution in [1.82, 2.24) is 0 Å². The van der Waals surface area contributed by atoms with Crippen molar-refractivity contribution in [2.75, 3.05) is 6.61 Å². The van der Waals surface area contributed by atoms with E-state index in [-0.39, 0.29) is 11.9 Å². The Morgan fingerprint density at radius 2 is 1.63 bits per heavy atom. The fourth-order valence-corrected chi connectivity index (χ4v) is 4.51. The molecule has 0 spiro atoms. The first-order valence-corrected chi connectivity index (χ1v) is 11.1. The number of rotatable bonds is 5. The van der Waals surface area contributed by atoms with E-state index in [2.05, 4.69) is 62.4 Å². The molecule has 1 nitrogen and oxygen atoms in total. The Morgan fingerprint density at radius 3 is 2.27 bits per heavy atom. The van der Waals surface area contributed by atoms with E-state index in [4.69, 9.17) is 4.74 Å². The van der Waals surface area contributed by atoms with Gasteiger partial charge in [0.05, 0.1) is 12.7 Å². The summed E-state index contributed by atoms with van der Waals surface area (Å²) in [6.07, 6.45) is 4.01. The molecule has 1 saturated heterocycles. The van der Waals surface area contributed by atoms with E-state index < -0.39 is 0 Å². The van der Waals surface area contributed by atoms with Crippen LogP contribution in [0.1, 0.15) is 66.0 Å². The van der Waals surface area contributed by atoms with Crippen LogP contribution in [-0.2, 0) is 11.2 Å². The lowest BCUT2D eigenvalue weighted by Gasteiger charge is -2.30. The van der Waals surface area contributed by atoms with Crippen molar-refractivity contribution in [2.45, 2.75) is 58.5 Å². The van der Waals surface area contributed by atoms with Gasteiger partial charge in [-0.15, -0.1) is 0 Å². The Hall–Kier alpha value is -2.45. The minimum Gasteiger partial charge on any atom is -0.373 e. The van der Waals surface area contributed by atoms with E-state index in [0.29, 0.717) is 23.7 Å². The summed E-state index contributed by atoms with van der Waals surface area (Å²) in [7, 11) is 0. The van der Waals surface area contributed by atoms with Gasteiger partial charge in [-0.2, -0.15) is 0 Å². The van der Waals surface area contributed by atoms with Crippen molar-refractivity contribution in [3.8, 4) is 11.1 Å². The van der Waals surface area contributed by atoms with Crippen LogP contribution in [0, 0.1) is 19.7 Å². The van der Waals surface area contributed by atoms with Gasteiger partial charge in [-0.3, -0.25) is 0 Å². The van der Waals surface area contributed by atoms with E-state index in [9.17, 15) is 0 Å². The molecule has 0 aliphatic carbocycles. The zero-order chi connectivity index (χ0) is 21.1. The summed E-state index contributed by atoms with van der Waals surface area (Å²) in [5.74, 6) is 0.272. The molecule has 1 heterocycles. The van der Waals surface area contributed by atoms with E-state index >= 15 is 4.39 Å². The smallest absolute Gasteiger partial charge is 0.132 e. The summed E-state index contributed by atoms with van der Waals surface area (Å²) in [6.45, 7) is 6.79. The molecule has 0 N–H and O–H groups in total. The van der Waals surface area contributed by atoms with Crippen molar-refractivity contribution in [3.05, 3.63) is 94.3 Å². The number of hydrogen-bond acceptors (Lipinski definition) is 1. The monoisotopic (exact) mass is 402 g/mol. The number of halogens is 1. The fraction of sp³-hybridized carbons (Fsp3) is 0.357. The summed E-state index contributed by atoms with van der Waals surface area (Å²) in [4.78, 5) is 0. The molecule has 2 unspecified atom stereocenters. The molecule has 3 aromatic carbocycles.